The topological polar surface area (TPSA) is 77.7 Å². The van der Waals surface area contributed by atoms with Gasteiger partial charge in [0.15, 0.2) is 0 Å². The summed E-state index contributed by atoms with van der Waals surface area (Å²) in [5.41, 5.74) is 7.39. The lowest BCUT2D eigenvalue weighted by atomic mass is 9.88. The second-order valence-corrected chi connectivity index (χ2v) is 10.6. The maximum atomic E-state index is 10.6. The van der Waals surface area contributed by atoms with E-state index in [0.29, 0.717) is 11.1 Å². The van der Waals surface area contributed by atoms with Gasteiger partial charge >= 0.3 is 0 Å². The van der Waals surface area contributed by atoms with Gasteiger partial charge in [-0.15, -0.1) is 0 Å². The van der Waals surface area contributed by atoms with Crippen LogP contribution in [0.4, 0.5) is 0 Å². The average Bonchev–Trinajstić information content (AvgIpc) is 3.37. The van der Waals surface area contributed by atoms with E-state index in [2.05, 4.69) is 85.4 Å². The number of nitrogens with zero attached hydrogens (tertiary/aromatic N) is 4. The lowest BCUT2D eigenvalue weighted by Gasteiger charge is -2.34. The molecule has 3 unspecified atom stereocenters. The zero-order chi connectivity index (χ0) is 25.3. The second-order valence-electron chi connectivity index (χ2n) is 10.6. The maximum absolute atomic E-state index is 10.6. The number of nitriles is 2. The normalized spacial score (nSPS) is 19.7. The number of fused-ring (bicyclic) bond motifs is 6. The average molecular weight is 475 g/mol. The van der Waals surface area contributed by atoms with Crippen LogP contribution in [-0.2, 0) is 0 Å². The molecule has 0 amide bonds. The molecule has 6 rings (SSSR count). The Morgan fingerprint density at radius 1 is 0.889 bits per heavy atom. The van der Waals surface area contributed by atoms with E-state index in [1.165, 1.54) is 0 Å². The van der Waals surface area contributed by atoms with E-state index < -0.39 is 0 Å². The van der Waals surface area contributed by atoms with Crippen LogP contribution >= 0.6 is 0 Å². The Balaban J connectivity index is 2.03. The minimum Gasteiger partial charge on any atom is -0.396 e. The molecule has 3 aromatic carbocycles. The summed E-state index contributed by atoms with van der Waals surface area (Å²) in [5, 5.41) is 35.4. The molecule has 180 valence electrons. The molecule has 3 heterocycles. The number of aliphatic hydroxyl groups is 1. The number of rotatable bonds is 3. The van der Waals surface area contributed by atoms with Gasteiger partial charge < -0.3 is 14.2 Å². The van der Waals surface area contributed by atoms with Crippen LogP contribution in [0, 0.1) is 42.4 Å². The van der Waals surface area contributed by atoms with E-state index in [1.807, 2.05) is 0 Å². The standard InChI is InChI=1S/C31H30N4O/c1-5-6-25-20(16-36)13-19(4)34-26-9-7-17(2)11-21(26)28-23(14-32)24(15-33)29-22-12-18(3)8-10-27(22)35(25)31(29)30(28)34/h7-12,19-20,25,36H,5-6,13,16H2,1-4H3. The first-order valence-electron chi connectivity index (χ1n) is 12.9. The predicted molar refractivity (Wildman–Crippen MR) is 145 cm³/mol. The van der Waals surface area contributed by atoms with Crippen molar-refractivity contribution in [2.24, 2.45) is 5.92 Å². The summed E-state index contributed by atoms with van der Waals surface area (Å²) in [6.07, 6.45) is 2.77. The molecule has 2 aromatic heterocycles. The van der Waals surface area contributed by atoms with E-state index >= 15 is 0 Å². The number of hydrogen-bond acceptors (Lipinski definition) is 3. The van der Waals surface area contributed by atoms with Crippen LogP contribution in [0.15, 0.2) is 36.4 Å². The summed E-state index contributed by atoms with van der Waals surface area (Å²) >= 11 is 0. The highest BCUT2D eigenvalue weighted by Crippen LogP contribution is 2.49. The van der Waals surface area contributed by atoms with Gasteiger partial charge in [-0.05, 0) is 57.9 Å². The molecule has 0 spiro atoms. The molecular formula is C31H30N4O. The van der Waals surface area contributed by atoms with Gasteiger partial charge in [-0.3, -0.25) is 0 Å². The molecule has 5 aromatic rings. The Morgan fingerprint density at radius 3 is 1.92 bits per heavy atom. The SMILES string of the molecule is CCCC1C(CO)CC(C)n2c3ccc(C)cc3c3c(C#N)c(C#N)c4c5cc(C)ccc5n1c4c32. The molecule has 5 nitrogen and oxygen atoms in total. The molecule has 5 heteroatoms. The molecule has 36 heavy (non-hydrogen) atoms. The Labute approximate surface area is 210 Å². The summed E-state index contributed by atoms with van der Waals surface area (Å²) in [5.74, 6) is 0.0762. The summed E-state index contributed by atoms with van der Waals surface area (Å²) in [7, 11) is 0. The predicted octanol–water partition coefficient (Wildman–Crippen LogP) is 7.18. The van der Waals surface area contributed by atoms with Crippen LogP contribution in [0.25, 0.3) is 43.6 Å². The monoisotopic (exact) mass is 474 g/mol. The smallest absolute Gasteiger partial charge is 0.101 e. The van der Waals surface area contributed by atoms with Crippen molar-refractivity contribution in [3.63, 3.8) is 0 Å². The van der Waals surface area contributed by atoms with Gasteiger partial charge in [-0.1, -0.05) is 36.6 Å². The third-order valence-corrected chi connectivity index (χ3v) is 8.29. The molecule has 0 radical (unpaired) electrons. The number of benzene rings is 3. The lowest BCUT2D eigenvalue weighted by molar-refractivity contribution is 0.152. The third kappa shape index (κ3) is 2.84. The Hall–Kier alpha value is -3.80. The van der Waals surface area contributed by atoms with Crippen molar-refractivity contribution >= 4 is 43.6 Å². The van der Waals surface area contributed by atoms with E-state index in [9.17, 15) is 15.6 Å². The van der Waals surface area contributed by atoms with Crippen molar-refractivity contribution in [3.8, 4) is 12.1 Å². The number of aliphatic hydroxyl groups excluding tert-OH is 1. The Kier molecular flexibility index (Phi) is 5.11. The molecule has 1 aliphatic heterocycles. The summed E-state index contributed by atoms with van der Waals surface area (Å²) < 4.78 is 4.79. The van der Waals surface area contributed by atoms with Crippen molar-refractivity contribution < 1.29 is 5.11 Å². The van der Waals surface area contributed by atoms with Gasteiger partial charge in [-0.2, -0.15) is 10.5 Å². The molecule has 0 bridgehead atoms. The zero-order valence-corrected chi connectivity index (χ0v) is 21.3. The molecule has 3 atom stereocenters. The summed E-state index contributed by atoms with van der Waals surface area (Å²) in [6, 6.07) is 18.0. The van der Waals surface area contributed by atoms with Gasteiger partial charge in [0.1, 0.15) is 12.1 Å². The first kappa shape index (κ1) is 22.7. The zero-order valence-electron chi connectivity index (χ0n) is 21.3. The van der Waals surface area contributed by atoms with Gasteiger partial charge in [0.05, 0.1) is 22.2 Å². The number of aryl methyl sites for hydroxylation is 2. The van der Waals surface area contributed by atoms with Crippen molar-refractivity contribution in [2.75, 3.05) is 6.61 Å². The third-order valence-electron chi connectivity index (χ3n) is 8.29. The fraction of sp³-hybridized carbons (Fsp3) is 0.355. The van der Waals surface area contributed by atoms with E-state index in [4.69, 9.17) is 0 Å². The molecule has 0 aliphatic carbocycles. The van der Waals surface area contributed by atoms with Gasteiger partial charge in [-0.25, -0.2) is 0 Å². The van der Waals surface area contributed by atoms with Crippen molar-refractivity contribution in [1.82, 2.24) is 9.13 Å². The number of aromatic nitrogens is 2. The highest BCUT2D eigenvalue weighted by Gasteiger charge is 2.35. The Morgan fingerprint density at radius 2 is 1.42 bits per heavy atom. The first-order chi connectivity index (χ1) is 17.4. The Bertz CT molecular complexity index is 1790. The maximum Gasteiger partial charge on any atom is 0.101 e. The van der Waals surface area contributed by atoms with Crippen LogP contribution in [0.1, 0.15) is 67.4 Å². The van der Waals surface area contributed by atoms with Crippen molar-refractivity contribution in [2.45, 2.75) is 59.0 Å². The fourth-order valence-corrected chi connectivity index (χ4v) is 6.87. The first-order valence-corrected chi connectivity index (χ1v) is 12.9. The van der Waals surface area contributed by atoms with E-state index in [0.717, 1.165) is 74.0 Å². The van der Waals surface area contributed by atoms with Crippen LogP contribution in [0.3, 0.4) is 0 Å². The largest absolute Gasteiger partial charge is 0.396 e. The van der Waals surface area contributed by atoms with Crippen molar-refractivity contribution in [1.29, 1.82) is 10.5 Å². The highest BCUT2D eigenvalue weighted by atomic mass is 16.3. The quantitative estimate of drug-likeness (QED) is 0.301. The molecule has 0 saturated carbocycles. The van der Waals surface area contributed by atoms with E-state index in [-0.39, 0.29) is 24.6 Å². The summed E-state index contributed by atoms with van der Waals surface area (Å²) in [4.78, 5) is 0. The minimum atomic E-state index is 0.0762. The van der Waals surface area contributed by atoms with Crippen LogP contribution in [0.2, 0.25) is 0 Å². The second kappa shape index (κ2) is 8.12. The van der Waals surface area contributed by atoms with Crippen LogP contribution in [0.5, 0.6) is 0 Å². The van der Waals surface area contributed by atoms with Crippen LogP contribution in [-0.4, -0.2) is 20.8 Å². The fourth-order valence-electron chi connectivity index (χ4n) is 6.87. The summed E-state index contributed by atoms with van der Waals surface area (Å²) in [6.45, 7) is 8.67. The van der Waals surface area contributed by atoms with Gasteiger partial charge in [0.2, 0.25) is 0 Å². The molecule has 0 saturated heterocycles. The molecule has 1 N–H and O–H groups in total. The van der Waals surface area contributed by atoms with E-state index in [1.54, 1.807) is 0 Å². The van der Waals surface area contributed by atoms with Crippen molar-refractivity contribution in [3.05, 3.63) is 58.7 Å². The van der Waals surface area contributed by atoms with Gasteiger partial charge in [0.25, 0.3) is 0 Å². The molecule has 1 aliphatic rings. The van der Waals surface area contributed by atoms with Gasteiger partial charge in [0, 0.05) is 57.2 Å². The highest BCUT2D eigenvalue weighted by molar-refractivity contribution is 6.26. The molecular weight excluding hydrogens is 444 g/mol. The molecule has 0 fully saturated rings. The lowest BCUT2D eigenvalue weighted by Crippen LogP contribution is -2.27. The van der Waals surface area contributed by atoms with Crippen LogP contribution < -0.4 is 0 Å². The minimum absolute atomic E-state index is 0.0762. The number of hydrogen-bond donors (Lipinski definition) is 1.